The summed E-state index contributed by atoms with van der Waals surface area (Å²) in [6, 6.07) is 9.54. The first-order valence-corrected chi connectivity index (χ1v) is 15.8. The Hall–Kier alpha value is -3.11. The van der Waals surface area contributed by atoms with E-state index in [-0.39, 0.29) is 38.5 Å². The summed E-state index contributed by atoms with van der Waals surface area (Å²) < 4.78 is 26.7. The van der Waals surface area contributed by atoms with Crippen LogP contribution in [0.4, 0.5) is 5.69 Å². The standard InChI is InChI=1S/C30H32Cl2N4O4S/c1-17-27(33-18(2)28(17)30(38)36(4)19-10-12-35(3)13-11-19)15-22-21-14-20(8-9-26(21)34-29(22)37)41(39,40)16-23-24(31)6-5-7-25(23)32/h5-9,14-15,19,33H,10-13,16H2,1-4H3,(H,34,37)/b22-15-. The summed E-state index contributed by atoms with van der Waals surface area (Å²) >= 11 is 12.5. The van der Waals surface area contributed by atoms with Crippen molar-refractivity contribution in [1.29, 1.82) is 0 Å². The van der Waals surface area contributed by atoms with Crippen molar-refractivity contribution >= 4 is 62.2 Å². The molecule has 2 N–H and O–H groups in total. The van der Waals surface area contributed by atoms with Crippen LogP contribution < -0.4 is 5.32 Å². The molecule has 5 rings (SSSR count). The maximum absolute atomic E-state index is 13.5. The van der Waals surface area contributed by atoms with Gasteiger partial charge in [-0.25, -0.2) is 8.42 Å². The molecule has 2 amide bonds. The summed E-state index contributed by atoms with van der Waals surface area (Å²) in [5, 5.41) is 3.34. The van der Waals surface area contributed by atoms with Crippen LogP contribution in [-0.2, 0) is 20.4 Å². The zero-order valence-electron chi connectivity index (χ0n) is 23.3. The number of aromatic nitrogens is 1. The third kappa shape index (κ3) is 5.68. The minimum absolute atomic E-state index is 0.0460. The number of sulfone groups is 1. The first-order chi connectivity index (χ1) is 19.4. The smallest absolute Gasteiger partial charge is 0.256 e. The fourth-order valence-electron chi connectivity index (χ4n) is 5.56. The lowest BCUT2D eigenvalue weighted by Crippen LogP contribution is -2.44. The molecule has 11 heteroatoms. The Morgan fingerprint density at radius 1 is 1.12 bits per heavy atom. The van der Waals surface area contributed by atoms with E-state index < -0.39 is 9.84 Å². The number of hydrogen-bond donors (Lipinski definition) is 2. The molecule has 3 heterocycles. The summed E-state index contributed by atoms with van der Waals surface area (Å²) in [6.45, 7) is 5.59. The molecule has 8 nitrogen and oxygen atoms in total. The molecule has 2 aliphatic rings. The van der Waals surface area contributed by atoms with Crippen molar-refractivity contribution in [2.45, 2.75) is 43.4 Å². The second kappa shape index (κ2) is 11.3. The third-order valence-electron chi connectivity index (χ3n) is 8.06. The van der Waals surface area contributed by atoms with E-state index in [9.17, 15) is 18.0 Å². The van der Waals surface area contributed by atoms with Crippen molar-refractivity contribution in [1.82, 2.24) is 14.8 Å². The van der Waals surface area contributed by atoms with Gasteiger partial charge in [-0.05, 0) is 88.8 Å². The Bertz CT molecular complexity index is 1670. The van der Waals surface area contributed by atoms with Crippen molar-refractivity contribution in [2.24, 2.45) is 0 Å². The number of nitrogens with zero attached hydrogens (tertiary/aromatic N) is 2. The molecule has 1 saturated heterocycles. The van der Waals surface area contributed by atoms with Crippen molar-refractivity contribution in [3.63, 3.8) is 0 Å². The fourth-order valence-corrected chi connectivity index (χ4v) is 7.68. The van der Waals surface area contributed by atoms with E-state index >= 15 is 0 Å². The molecule has 1 aromatic heterocycles. The van der Waals surface area contributed by atoms with Gasteiger partial charge in [-0.3, -0.25) is 9.59 Å². The van der Waals surface area contributed by atoms with Gasteiger partial charge >= 0.3 is 0 Å². The van der Waals surface area contributed by atoms with Crippen molar-refractivity contribution in [3.05, 3.63) is 80.1 Å². The van der Waals surface area contributed by atoms with Gasteiger partial charge in [0.05, 0.1) is 21.8 Å². The Balaban J connectivity index is 1.46. The van der Waals surface area contributed by atoms with Crippen molar-refractivity contribution in [3.8, 4) is 0 Å². The van der Waals surface area contributed by atoms with Crippen LogP contribution in [0.5, 0.6) is 0 Å². The van der Waals surface area contributed by atoms with Crippen LogP contribution in [0.3, 0.4) is 0 Å². The SMILES string of the molecule is Cc1[nH]c(/C=C2\C(=O)Nc3ccc(S(=O)(=O)Cc4c(Cl)cccc4Cl)cc32)c(C)c1C(=O)N(C)C1CCN(C)CC1. The number of anilines is 1. The first-order valence-electron chi connectivity index (χ1n) is 13.4. The normalized spacial score (nSPS) is 17.1. The molecule has 0 atom stereocenters. The van der Waals surface area contributed by atoms with Crippen LogP contribution in [0.25, 0.3) is 11.6 Å². The van der Waals surface area contributed by atoms with E-state index in [0.29, 0.717) is 39.3 Å². The van der Waals surface area contributed by atoms with Crippen LogP contribution in [0.1, 0.15) is 51.3 Å². The minimum atomic E-state index is -3.84. The first kappa shape index (κ1) is 29.4. The summed E-state index contributed by atoms with van der Waals surface area (Å²) in [7, 11) is 0.0981. The average Bonchev–Trinajstić information content (AvgIpc) is 3.39. The second-order valence-corrected chi connectivity index (χ2v) is 13.6. The van der Waals surface area contributed by atoms with E-state index in [1.807, 2.05) is 25.8 Å². The number of aryl methyl sites for hydroxylation is 1. The molecule has 2 aliphatic heterocycles. The van der Waals surface area contributed by atoms with E-state index in [1.54, 1.807) is 30.3 Å². The number of rotatable bonds is 6. The van der Waals surface area contributed by atoms with Crippen molar-refractivity contribution in [2.75, 3.05) is 32.5 Å². The predicted molar refractivity (Wildman–Crippen MR) is 163 cm³/mol. The van der Waals surface area contributed by atoms with Crippen LogP contribution in [0.2, 0.25) is 10.0 Å². The quantitative estimate of drug-likeness (QED) is 0.353. The molecule has 2 aromatic carbocycles. The van der Waals surface area contributed by atoms with Gasteiger partial charge in [-0.1, -0.05) is 29.3 Å². The lowest BCUT2D eigenvalue weighted by Gasteiger charge is -2.35. The van der Waals surface area contributed by atoms with Crippen LogP contribution in [0, 0.1) is 13.8 Å². The maximum atomic E-state index is 13.5. The molecule has 0 bridgehead atoms. The number of hydrogen-bond acceptors (Lipinski definition) is 5. The van der Waals surface area contributed by atoms with Gasteiger partial charge in [0.25, 0.3) is 11.8 Å². The lowest BCUT2D eigenvalue weighted by atomic mass is 10.0. The number of carbonyl (C=O) groups is 2. The molecule has 216 valence electrons. The average molecular weight is 616 g/mol. The Morgan fingerprint density at radius 2 is 1.78 bits per heavy atom. The summed E-state index contributed by atoms with van der Waals surface area (Å²) in [4.78, 5) is 33.9. The highest BCUT2D eigenvalue weighted by atomic mass is 35.5. The number of piperidine rings is 1. The molecule has 0 spiro atoms. The summed E-state index contributed by atoms with van der Waals surface area (Å²) in [5.74, 6) is -0.791. The number of nitrogens with one attached hydrogen (secondary N) is 2. The molecule has 0 radical (unpaired) electrons. The summed E-state index contributed by atoms with van der Waals surface area (Å²) in [6.07, 6.45) is 3.52. The van der Waals surface area contributed by atoms with Gasteiger partial charge in [0.15, 0.2) is 9.84 Å². The molecular formula is C30H32Cl2N4O4S. The van der Waals surface area contributed by atoms with E-state index in [2.05, 4.69) is 22.2 Å². The Labute approximate surface area is 250 Å². The zero-order chi connectivity index (χ0) is 29.6. The highest BCUT2D eigenvalue weighted by Gasteiger charge is 2.30. The Morgan fingerprint density at radius 3 is 2.44 bits per heavy atom. The number of amides is 2. The topological polar surface area (TPSA) is 103 Å². The van der Waals surface area contributed by atoms with E-state index in [4.69, 9.17) is 23.2 Å². The van der Waals surface area contributed by atoms with Gasteiger partial charge in [0.1, 0.15) is 0 Å². The predicted octanol–water partition coefficient (Wildman–Crippen LogP) is 5.57. The zero-order valence-corrected chi connectivity index (χ0v) is 25.7. The van der Waals surface area contributed by atoms with Crippen LogP contribution in [0.15, 0.2) is 41.3 Å². The van der Waals surface area contributed by atoms with Crippen LogP contribution >= 0.6 is 23.2 Å². The monoisotopic (exact) mass is 614 g/mol. The van der Waals surface area contributed by atoms with Gasteiger partial charge < -0.3 is 20.1 Å². The minimum Gasteiger partial charge on any atom is -0.358 e. The molecular weight excluding hydrogens is 583 g/mol. The van der Waals surface area contributed by atoms with Gasteiger partial charge in [-0.15, -0.1) is 0 Å². The molecule has 0 unspecified atom stereocenters. The van der Waals surface area contributed by atoms with Gasteiger partial charge in [0, 0.05) is 51.3 Å². The highest BCUT2D eigenvalue weighted by molar-refractivity contribution is 7.90. The number of benzene rings is 2. The molecule has 0 saturated carbocycles. The van der Waals surface area contributed by atoms with Crippen LogP contribution in [-0.4, -0.2) is 68.2 Å². The highest BCUT2D eigenvalue weighted by Crippen LogP contribution is 2.37. The van der Waals surface area contributed by atoms with E-state index in [0.717, 1.165) is 31.5 Å². The maximum Gasteiger partial charge on any atom is 0.256 e. The number of H-pyrrole nitrogens is 1. The van der Waals surface area contributed by atoms with E-state index in [1.165, 1.54) is 12.1 Å². The molecule has 41 heavy (non-hydrogen) atoms. The fraction of sp³-hybridized carbons (Fsp3) is 0.333. The second-order valence-electron chi connectivity index (χ2n) is 10.8. The van der Waals surface area contributed by atoms with Gasteiger partial charge in [-0.2, -0.15) is 0 Å². The van der Waals surface area contributed by atoms with Crippen molar-refractivity contribution < 1.29 is 18.0 Å². The largest absolute Gasteiger partial charge is 0.358 e. The summed E-state index contributed by atoms with van der Waals surface area (Å²) in [5.41, 5.74) is 4.26. The number of fused-ring (bicyclic) bond motifs is 1. The Kier molecular flexibility index (Phi) is 8.09. The van der Waals surface area contributed by atoms with Gasteiger partial charge in [0.2, 0.25) is 0 Å². The molecule has 1 fully saturated rings. The molecule has 3 aromatic rings. The molecule has 0 aliphatic carbocycles. The lowest BCUT2D eigenvalue weighted by molar-refractivity contribution is -0.110. The third-order valence-corrected chi connectivity index (χ3v) is 10.4. The number of aromatic amines is 1. The number of halogens is 2. The number of likely N-dealkylation sites (tertiary alicyclic amines) is 1. The number of carbonyl (C=O) groups excluding carboxylic acids is 2.